The van der Waals surface area contributed by atoms with E-state index in [4.69, 9.17) is 18.9 Å². The van der Waals surface area contributed by atoms with Gasteiger partial charge in [-0.3, -0.25) is 0 Å². The Morgan fingerprint density at radius 2 is 1.48 bits per heavy atom. The van der Waals surface area contributed by atoms with Crippen LogP contribution in [-0.4, -0.2) is 58.7 Å². The van der Waals surface area contributed by atoms with E-state index in [0.29, 0.717) is 0 Å². The summed E-state index contributed by atoms with van der Waals surface area (Å²) in [5.74, 6) is -9.13. The van der Waals surface area contributed by atoms with E-state index in [2.05, 4.69) is 6.58 Å². The van der Waals surface area contributed by atoms with Gasteiger partial charge >= 0.3 is 17.7 Å². The first-order chi connectivity index (χ1) is 9.64. The molecule has 0 aliphatic rings. The molecule has 0 radical (unpaired) electrons. The van der Waals surface area contributed by atoms with Gasteiger partial charge in [0.2, 0.25) is 0 Å². The van der Waals surface area contributed by atoms with Crippen molar-refractivity contribution in [3.8, 4) is 0 Å². The maximum Gasteiger partial charge on any atom is 0.340 e. The second kappa shape index (κ2) is 7.83. The summed E-state index contributed by atoms with van der Waals surface area (Å²) in [5, 5.41) is 29.1. The van der Waals surface area contributed by atoms with Crippen molar-refractivity contribution in [1.82, 2.24) is 0 Å². The van der Waals surface area contributed by atoms with Gasteiger partial charge in [-0.05, 0) is 20.8 Å². The third-order valence-electron chi connectivity index (χ3n) is 2.62. The monoisotopic (exact) mass is 308 g/mol. The Morgan fingerprint density at radius 1 is 1.05 bits per heavy atom. The highest BCUT2D eigenvalue weighted by atomic mass is 16.8. The number of hydrogen-bond acceptors (Lipinski definition) is 8. The van der Waals surface area contributed by atoms with E-state index in [-0.39, 0.29) is 19.8 Å². The van der Waals surface area contributed by atoms with Crippen LogP contribution in [0.5, 0.6) is 0 Å². The van der Waals surface area contributed by atoms with E-state index in [1.165, 1.54) is 20.8 Å². The molecule has 0 rings (SSSR count). The van der Waals surface area contributed by atoms with Crippen molar-refractivity contribution in [1.29, 1.82) is 0 Å². The third-order valence-corrected chi connectivity index (χ3v) is 2.62. The molecule has 1 unspecified atom stereocenters. The second-order valence-corrected chi connectivity index (χ2v) is 4.12. The molecule has 0 aromatic carbocycles. The summed E-state index contributed by atoms with van der Waals surface area (Å²) in [5.41, 5.74) is 0. The number of esters is 1. The maximum absolute atomic E-state index is 11.5. The third kappa shape index (κ3) is 4.22. The van der Waals surface area contributed by atoms with Crippen molar-refractivity contribution >= 4 is 5.97 Å². The molecule has 3 N–H and O–H groups in total. The Labute approximate surface area is 123 Å². The molecule has 0 aliphatic carbocycles. The summed E-state index contributed by atoms with van der Waals surface area (Å²) in [6.07, 6.45) is 0.855. The van der Waals surface area contributed by atoms with Crippen molar-refractivity contribution in [2.24, 2.45) is 0 Å². The van der Waals surface area contributed by atoms with Crippen molar-refractivity contribution in [2.75, 3.05) is 19.8 Å². The normalized spacial score (nSPS) is 15.4. The number of carbonyl (C=O) groups excluding carboxylic acids is 1. The molecule has 0 amide bonds. The Kier molecular flexibility index (Phi) is 7.45. The topological polar surface area (TPSA) is 115 Å². The lowest BCUT2D eigenvalue weighted by atomic mass is 10.0. The fourth-order valence-corrected chi connectivity index (χ4v) is 1.91. The van der Waals surface area contributed by atoms with E-state index < -0.39 is 23.5 Å². The minimum atomic E-state index is -3.50. The van der Waals surface area contributed by atoms with Gasteiger partial charge < -0.3 is 34.3 Å². The molecule has 8 heteroatoms. The molecule has 124 valence electrons. The Hall–Kier alpha value is -1.03. The first kappa shape index (κ1) is 20.0. The zero-order valence-electron chi connectivity index (χ0n) is 12.8. The molecule has 0 saturated carbocycles. The quantitative estimate of drug-likeness (QED) is 0.290. The maximum atomic E-state index is 11.5. The first-order valence-electron chi connectivity index (χ1n) is 6.58. The van der Waals surface area contributed by atoms with Gasteiger partial charge in [-0.25, -0.2) is 4.79 Å². The minimum Gasteiger partial charge on any atom is -0.424 e. The smallest absolute Gasteiger partial charge is 0.340 e. The van der Waals surface area contributed by atoms with E-state index in [1.807, 2.05) is 0 Å². The minimum absolute atomic E-state index is 0.0128. The zero-order valence-corrected chi connectivity index (χ0v) is 12.8. The molecule has 0 fully saturated rings. The van der Waals surface area contributed by atoms with Crippen LogP contribution < -0.4 is 0 Å². The summed E-state index contributed by atoms with van der Waals surface area (Å²) in [7, 11) is 0. The van der Waals surface area contributed by atoms with Gasteiger partial charge in [0.05, 0.1) is 0 Å². The molecule has 0 heterocycles. The van der Waals surface area contributed by atoms with Crippen LogP contribution in [0.15, 0.2) is 12.7 Å². The zero-order chi connectivity index (χ0) is 16.7. The average molecular weight is 308 g/mol. The molecule has 0 saturated heterocycles. The van der Waals surface area contributed by atoms with Gasteiger partial charge in [-0.1, -0.05) is 6.58 Å². The summed E-state index contributed by atoms with van der Waals surface area (Å²) >= 11 is 0. The van der Waals surface area contributed by atoms with Gasteiger partial charge in [0.25, 0.3) is 5.79 Å². The number of aliphatic hydroxyl groups is 3. The number of hydrogen-bond donors (Lipinski definition) is 3. The van der Waals surface area contributed by atoms with Crippen LogP contribution in [0.4, 0.5) is 0 Å². The molecule has 0 bridgehead atoms. The van der Waals surface area contributed by atoms with Crippen molar-refractivity contribution in [3.05, 3.63) is 12.7 Å². The molecule has 1 atom stereocenters. The Morgan fingerprint density at radius 3 is 1.76 bits per heavy atom. The van der Waals surface area contributed by atoms with E-state index in [0.717, 1.165) is 6.08 Å². The predicted octanol–water partition coefficient (Wildman–Crippen LogP) is -0.132. The van der Waals surface area contributed by atoms with Gasteiger partial charge in [0, 0.05) is 32.8 Å². The summed E-state index contributed by atoms with van der Waals surface area (Å²) in [6, 6.07) is 0. The van der Waals surface area contributed by atoms with Gasteiger partial charge in [0.15, 0.2) is 0 Å². The molecule has 0 aromatic rings. The fraction of sp³-hybridized carbons (Fsp3) is 0.769. The van der Waals surface area contributed by atoms with Crippen LogP contribution in [0.2, 0.25) is 0 Å². The molecular formula is C13H24O8. The van der Waals surface area contributed by atoms with E-state index in [9.17, 15) is 20.1 Å². The van der Waals surface area contributed by atoms with Crippen molar-refractivity contribution in [3.63, 3.8) is 0 Å². The molecule has 0 aliphatic heterocycles. The highest BCUT2D eigenvalue weighted by molar-refractivity contribution is 5.81. The highest BCUT2D eigenvalue weighted by Gasteiger charge is 2.67. The SMILES string of the molecule is C=CC(=O)OC(C)(OCC)C(OCC)(OCC)C(O)(O)O. The second-order valence-electron chi connectivity index (χ2n) is 4.12. The van der Waals surface area contributed by atoms with Crippen LogP contribution >= 0.6 is 0 Å². The van der Waals surface area contributed by atoms with E-state index in [1.54, 1.807) is 6.92 Å². The predicted molar refractivity (Wildman–Crippen MR) is 71.7 cm³/mol. The van der Waals surface area contributed by atoms with Gasteiger partial charge in [0.1, 0.15) is 0 Å². The Balaban J connectivity index is 5.97. The molecule has 0 spiro atoms. The lowest BCUT2D eigenvalue weighted by molar-refractivity contribution is -0.522. The lowest BCUT2D eigenvalue weighted by Gasteiger charge is -2.48. The molecule has 21 heavy (non-hydrogen) atoms. The number of carbonyl (C=O) groups is 1. The summed E-state index contributed by atoms with van der Waals surface area (Å²) < 4.78 is 20.7. The molecular weight excluding hydrogens is 284 g/mol. The lowest BCUT2D eigenvalue weighted by Crippen LogP contribution is -2.71. The Bertz CT molecular complexity index is 343. The largest absolute Gasteiger partial charge is 0.424 e. The van der Waals surface area contributed by atoms with Crippen LogP contribution in [-0.2, 0) is 23.7 Å². The molecule has 8 nitrogen and oxygen atoms in total. The molecule has 0 aromatic heterocycles. The summed E-state index contributed by atoms with van der Waals surface area (Å²) in [6.45, 7) is 8.90. The number of ether oxygens (including phenoxy) is 4. The van der Waals surface area contributed by atoms with Crippen LogP contribution in [0.25, 0.3) is 0 Å². The number of rotatable bonds is 10. The average Bonchev–Trinajstić information content (AvgIpc) is 2.36. The first-order valence-corrected chi connectivity index (χ1v) is 6.58. The highest BCUT2D eigenvalue weighted by Crippen LogP contribution is 2.39. The van der Waals surface area contributed by atoms with Gasteiger partial charge in [-0.2, -0.15) is 0 Å². The van der Waals surface area contributed by atoms with Gasteiger partial charge in [-0.15, -0.1) is 0 Å². The van der Waals surface area contributed by atoms with E-state index >= 15 is 0 Å². The van der Waals surface area contributed by atoms with Crippen molar-refractivity contribution < 1.29 is 39.1 Å². The van der Waals surface area contributed by atoms with Crippen LogP contribution in [0, 0.1) is 0 Å². The standard InChI is InChI=1S/C13H24O8/c1-6-10(14)21-11(5,18-7-2)12(19-8-3,20-9-4)13(15,16)17/h6,15-17H,1,7-9H2,2-5H3. The fourth-order valence-electron chi connectivity index (χ4n) is 1.91. The van der Waals surface area contributed by atoms with Crippen molar-refractivity contribution in [2.45, 2.75) is 45.2 Å². The summed E-state index contributed by atoms with van der Waals surface area (Å²) in [4.78, 5) is 11.5. The van der Waals surface area contributed by atoms with Crippen LogP contribution in [0.1, 0.15) is 27.7 Å². The van der Waals surface area contributed by atoms with Crippen LogP contribution in [0.3, 0.4) is 0 Å².